The molecule has 1 aromatic heterocycles. The number of anilines is 1. The van der Waals surface area contributed by atoms with Gasteiger partial charge < -0.3 is 15.5 Å². The molecule has 1 unspecified atom stereocenters. The van der Waals surface area contributed by atoms with E-state index in [2.05, 4.69) is 25.5 Å². The maximum atomic E-state index is 4.63. The normalized spacial score (nSPS) is 22.2. The predicted molar refractivity (Wildman–Crippen MR) is 94.9 cm³/mol. The van der Waals surface area contributed by atoms with Crippen LogP contribution < -0.4 is 15.5 Å². The Morgan fingerprint density at radius 2 is 2.17 bits per heavy atom. The van der Waals surface area contributed by atoms with Gasteiger partial charge in [0.25, 0.3) is 0 Å². The van der Waals surface area contributed by atoms with Gasteiger partial charge in [-0.3, -0.25) is 9.89 Å². The summed E-state index contributed by atoms with van der Waals surface area (Å²) < 4.78 is 0. The zero-order valence-corrected chi connectivity index (χ0v) is 14.4. The van der Waals surface area contributed by atoms with Crippen LogP contribution in [0.25, 0.3) is 0 Å². The highest BCUT2D eigenvalue weighted by Crippen LogP contribution is 2.29. The Labute approximate surface area is 139 Å². The summed E-state index contributed by atoms with van der Waals surface area (Å²) in [5, 5.41) is 6.92. The van der Waals surface area contributed by atoms with Crippen molar-refractivity contribution in [2.75, 3.05) is 39.1 Å². The van der Waals surface area contributed by atoms with Crippen molar-refractivity contribution in [3.63, 3.8) is 0 Å². The average Bonchev–Trinajstić information content (AvgIpc) is 3.31. The Hall–Kier alpha value is -1.82. The van der Waals surface area contributed by atoms with E-state index in [1.165, 1.54) is 25.8 Å². The highest BCUT2D eigenvalue weighted by molar-refractivity contribution is 5.80. The zero-order chi connectivity index (χ0) is 16.2. The van der Waals surface area contributed by atoms with Crippen molar-refractivity contribution in [1.29, 1.82) is 0 Å². The minimum absolute atomic E-state index is 0.503. The number of nitrogens with zero attached hydrogens (tertiary/aromatic N) is 4. The van der Waals surface area contributed by atoms with E-state index >= 15 is 0 Å². The van der Waals surface area contributed by atoms with Gasteiger partial charge in [0, 0.05) is 46.3 Å². The molecule has 1 aliphatic carbocycles. The average molecular weight is 316 g/mol. The lowest BCUT2D eigenvalue weighted by Crippen LogP contribution is -2.44. The van der Waals surface area contributed by atoms with Gasteiger partial charge in [-0.05, 0) is 31.4 Å². The second-order valence-electron chi connectivity index (χ2n) is 6.66. The molecule has 1 saturated carbocycles. The molecule has 126 valence electrons. The summed E-state index contributed by atoms with van der Waals surface area (Å²) in [6, 6.07) is 7.46. The van der Waals surface area contributed by atoms with Crippen LogP contribution in [0.4, 0.5) is 5.82 Å². The highest BCUT2D eigenvalue weighted by Gasteiger charge is 2.34. The molecule has 2 fully saturated rings. The van der Waals surface area contributed by atoms with E-state index < -0.39 is 0 Å². The molecule has 2 heterocycles. The molecule has 0 amide bonds. The third-order valence-corrected chi connectivity index (χ3v) is 4.53. The van der Waals surface area contributed by atoms with Crippen LogP contribution in [0.1, 0.15) is 25.0 Å². The molecule has 0 spiro atoms. The fourth-order valence-electron chi connectivity index (χ4n) is 3.05. The minimum Gasteiger partial charge on any atom is -0.363 e. The number of nitrogens with one attached hydrogen (secondary N) is 2. The first-order valence-corrected chi connectivity index (χ1v) is 8.50. The summed E-state index contributed by atoms with van der Waals surface area (Å²) >= 11 is 0. The fraction of sp³-hybridized carbons (Fsp3) is 0.647. The fourth-order valence-corrected chi connectivity index (χ4v) is 3.05. The Morgan fingerprint density at radius 3 is 2.87 bits per heavy atom. The number of aliphatic imine (C=N–C) groups is 1. The third-order valence-electron chi connectivity index (χ3n) is 4.53. The first kappa shape index (κ1) is 16.1. The quantitative estimate of drug-likeness (QED) is 0.628. The van der Waals surface area contributed by atoms with E-state index in [1.54, 1.807) is 0 Å². The molecule has 1 aromatic rings. The number of aromatic nitrogens is 1. The summed E-state index contributed by atoms with van der Waals surface area (Å²) in [7, 11) is 5.84. The number of likely N-dealkylation sites (tertiary alicyclic amines) is 1. The van der Waals surface area contributed by atoms with E-state index in [4.69, 9.17) is 0 Å². The molecule has 1 atom stereocenters. The second kappa shape index (κ2) is 7.17. The number of pyridine rings is 1. The molecule has 2 N–H and O–H groups in total. The van der Waals surface area contributed by atoms with Crippen molar-refractivity contribution in [1.82, 2.24) is 20.5 Å². The molecule has 0 aromatic carbocycles. The van der Waals surface area contributed by atoms with Crippen LogP contribution in [0.15, 0.2) is 23.2 Å². The third kappa shape index (κ3) is 4.34. The van der Waals surface area contributed by atoms with Gasteiger partial charge in [-0.25, -0.2) is 4.98 Å². The van der Waals surface area contributed by atoms with Gasteiger partial charge >= 0.3 is 0 Å². The van der Waals surface area contributed by atoms with Crippen molar-refractivity contribution in [3.05, 3.63) is 23.9 Å². The standard InChI is InChI=1S/C17H28N6/c1-18-17(21-14-9-10-23(12-14)15-7-8-15)19-11-13-5-4-6-16(20-13)22(2)3/h4-6,14-15H,7-12H2,1-3H3,(H2,18,19,21). The van der Waals surface area contributed by atoms with E-state index in [0.29, 0.717) is 12.6 Å². The molecule has 2 aliphatic rings. The van der Waals surface area contributed by atoms with Gasteiger partial charge in [-0.1, -0.05) is 6.07 Å². The van der Waals surface area contributed by atoms with Gasteiger partial charge in [0.1, 0.15) is 5.82 Å². The molecule has 3 rings (SSSR count). The van der Waals surface area contributed by atoms with Gasteiger partial charge in [0.15, 0.2) is 5.96 Å². The summed E-state index contributed by atoms with van der Waals surface area (Å²) in [5.41, 5.74) is 1.02. The minimum atomic E-state index is 0.503. The van der Waals surface area contributed by atoms with E-state index in [9.17, 15) is 0 Å². The molecule has 1 saturated heterocycles. The van der Waals surface area contributed by atoms with E-state index in [1.807, 2.05) is 44.2 Å². The summed E-state index contributed by atoms with van der Waals surface area (Å²) in [5.74, 6) is 1.84. The second-order valence-corrected chi connectivity index (χ2v) is 6.66. The van der Waals surface area contributed by atoms with Gasteiger partial charge in [0.2, 0.25) is 0 Å². The van der Waals surface area contributed by atoms with Gasteiger partial charge in [0.05, 0.1) is 12.2 Å². The molecule has 23 heavy (non-hydrogen) atoms. The highest BCUT2D eigenvalue weighted by atomic mass is 15.3. The number of guanidine groups is 1. The van der Waals surface area contributed by atoms with Gasteiger partial charge in [-0.2, -0.15) is 0 Å². The first-order valence-electron chi connectivity index (χ1n) is 8.50. The zero-order valence-electron chi connectivity index (χ0n) is 14.4. The van der Waals surface area contributed by atoms with Gasteiger partial charge in [-0.15, -0.1) is 0 Å². The van der Waals surface area contributed by atoms with Crippen molar-refractivity contribution < 1.29 is 0 Å². The summed E-state index contributed by atoms with van der Waals surface area (Å²) in [4.78, 5) is 13.6. The predicted octanol–water partition coefficient (Wildman–Crippen LogP) is 1.05. The summed E-state index contributed by atoms with van der Waals surface area (Å²) in [6.07, 6.45) is 3.97. The van der Waals surface area contributed by atoms with Crippen LogP contribution in [-0.2, 0) is 6.54 Å². The van der Waals surface area contributed by atoms with Crippen molar-refractivity contribution in [2.24, 2.45) is 4.99 Å². The number of hydrogen-bond acceptors (Lipinski definition) is 4. The van der Waals surface area contributed by atoms with Crippen LogP contribution in [0, 0.1) is 0 Å². The molecule has 1 aliphatic heterocycles. The Bertz CT molecular complexity index is 552. The van der Waals surface area contributed by atoms with E-state index in [-0.39, 0.29) is 0 Å². The Morgan fingerprint density at radius 1 is 1.35 bits per heavy atom. The molecule has 0 radical (unpaired) electrons. The Balaban J connectivity index is 1.49. The van der Waals surface area contributed by atoms with Crippen LogP contribution in [0.2, 0.25) is 0 Å². The maximum absolute atomic E-state index is 4.63. The molecular weight excluding hydrogens is 288 g/mol. The smallest absolute Gasteiger partial charge is 0.191 e. The topological polar surface area (TPSA) is 55.8 Å². The van der Waals surface area contributed by atoms with Crippen LogP contribution in [0.5, 0.6) is 0 Å². The lowest BCUT2D eigenvalue weighted by atomic mass is 10.3. The lowest BCUT2D eigenvalue weighted by molar-refractivity contribution is 0.321. The lowest BCUT2D eigenvalue weighted by Gasteiger charge is -2.19. The van der Waals surface area contributed by atoms with Crippen LogP contribution >= 0.6 is 0 Å². The largest absolute Gasteiger partial charge is 0.363 e. The molecule has 0 bridgehead atoms. The summed E-state index contributed by atoms with van der Waals surface area (Å²) in [6.45, 7) is 3.03. The number of hydrogen-bond donors (Lipinski definition) is 2. The molecule has 6 heteroatoms. The first-order chi connectivity index (χ1) is 11.2. The van der Waals surface area contributed by atoms with Crippen LogP contribution in [0.3, 0.4) is 0 Å². The SMILES string of the molecule is CN=C(NCc1cccc(N(C)C)n1)NC1CCN(C2CC2)C1. The maximum Gasteiger partial charge on any atom is 0.191 e. The molecular formula is C17H28N6. The van der Waals surface area contributed by atoms with E-state index in [0.717, 1.165) is 30.1 Å². The van der Waals surface area contributed by atoms with Crippen molar-refractivity contribution in [3.8, 4) is 0 Å². The monoisotopic (exact) mass is 316 g/mol. The van der Waals surface area contributed by atoms with Crippen LogP contribution in [-0.4, -0.2) is 62.2 Å². The Kier molecular flexibility index (Phi) is 5.00. The molecule has 6 nitrogen and oxygen atoms in total. The number of rotatable bonds is 5. The van der Waals surface area contributed by atoms with Crippen molar-refractivity contribution >= 4 is 11.8 Å². The van der Waals surface area contributed by atoms with Crippen molar-refractivity contribution in [2.45, 2.75) is 37.9 Å².